The van der Waals surface area contributed by atoms with E-state index in [0.29, 0.717) is 12.1 Å². The first kappa shape index (κ1) is 13.4. The molecule has 0 radical (unpaired) electrons. The van der Waals surface area contributed by atoms with Gasteiger partial charge in [-0.15, -0.1) is 0 Å². The third-order valence-electron chi connectivity index (χ3n) is 4.05. The lowest BCUT2D eigenvalue weighted by molar-refractivity contribution is 0.371. The lowest BCUT2D eigenvalue weighted by atomic mass is 9.99. The number of piperidine rings is 1. The summed E-state index contributed by atoms with van der Waals surface area (Å²) in [5.74, 6) is 0. The second-order valence-electron chi connectivity index (χ2n) is 5.84. The van der Waals surface area contributed by atoms with Gasteiger partial charge in [-0.1, -0.05) is 24.6 Å². The number of fused-ring (bicyclic) bond motifs is 1. The van der Waals surface area contributed by atoms with E-state index in [2.05, 4.69) is 46.8 Å². The first-order valence-electron chi connectivity index (χ1n) is 7.66. The van der Waals surface area contributed by atoms with E-state index < -0.39 is 0 Å². The van der Waals surface area contributed by atoms with Gasteiger partial charge >= 0.3 is 0 Å². The van der Waals surface area contributed by atoms with Crippen molar-refractivity contribution in [3.05, 3.63) is 36.5 Å². The van der Waals surface area contributed by atoms with Gasteiger partial charge in [-0.05, 0) is 44.9 Å². The molecule has 3 nitrogen and oxygen atoms in total. The molecule has 3 heteroatoms. The molecule has 2 heterocycles. The summed E-state index contributed by atoms with van der Waals surface area (Å²) in [5, 5.41) is 8.38. The van der Waals surface area contributed by atoms with Crippen LogP contribution in [0.25, 0.3) is 10.9 Å². The summed E-state index contributed by atoms with van der Waals surface area (Å²) in [6.45, 7) is 3.43. The van der Waals surface area contributed by atoms with Crippen LogP contribution in [0.3, 0.4) is 0 Å². The van der Waals surface area contributed by atoms with Crippen LogP contribution in [-0.2, 0) is 0 Å². The van der Waals surface area contributed by atoms with Crippen LogP contribution in [0.1, 0.15) is 32.6 Å². The lowest BCUT2D eigenvalue weighted by Crippen LogP contribution is -2.37. The number of anilines is 1. The number of pyridine rings is 1. The Labute approximate surface area is 120 Å². The Morgan fingerprint density at radius 1 is 1.35 bits per heavy atom. The fourth-order valence-corrected chi connectivity index (χ4v) is 3.05. The molecule has 2 N–H and O–H groups in total. The summed E-state index contributed by atoms with van der Waals surface area (Å²) in [7, 11) is 0. The highest BCUT2D eigenvalue weighted by atomic mass is 15.0. The van der Waals surface area contributed by atoms with Crippen LogP contribution in [0, 0.1) is 0 Å². The number of aromatic nitrogens is 1. The fourth-order valence-electron chi connectivity index (χ4n) is 3.05. The van der Waals surface area contributed by atoms with Gasteiger partial charge in [0.2, 0.25) is 0 Å². The minimum Gasteiger partial charge on any atom is -0.381 e. The second-order valence-corrected chi connectivity index (χ2v) is 5.84. The Morgan fingerprint density at radius 3 is 3.10 bits per heavy atom. The minimum atomic E-state index is 0.466. The molecule has 1 aromatic carbocycles. The van der Waals surface area contributed by atoms with E-state index >= 15 is 0 Å². The summed E-state index contributed by atoms with van der Waals surface area (Å²) in [6, 6.07) is 11.6. The average molecular weight is 269 g/mol. The summed E-state index contributed by atoms with van der Waals surface area (Å²) in [5.41, 5.74) is 2.17. The summed E-state index contributed by atoms with van der Waals surface area (Å²) in [4.78, 5) is 4.50. The highest BCUT2D eigenvalue weighted by molar-refractivity contribution is 5.81. The van der Waals surface area contributed by atoms with Crippen molar-refractivity contribution < 1.29 is 0 Å². The molecule has 1 saturated heterocycles. The van der Waals surface area contributed by atoms with Gasteiger partial charge in [0.1, 0.15) is 0 Å². The second kappa shape index (κ2) is 6.23. The van der Waals surface area contributed by atoms with Crippen molar-refractivity contribution in [2.75, 3.05) is 11.9 Å². The van der Waals surface area contributed by atoms with Gasteiger partial charge in [-0.25, -0.2) is 0 Å². The Balaban J connectivity index is 1.62. The predicted molar refractivity (Wildman–Crippen MR) is 85.1 cm³/mol. The molecule has 0 spiro atoms. The topological polar surface area (TPSA) is 37.0 Å². The molecule has 1 fully saturated rings. The maximum Gasteiger partial charge on any atom is 0.0703 e. The van der Waals surface area contributed by atoms with Crippen LogP contribution in [-0.4, -0.2) is 23.6 Å². The molecular weight excluding hydrogens is 246 g/mol. The molecule has 106 valence electrons. The molecule has 0 amide bonds. The number of hydrogen-bond acceptors (Lipinski definition) is 3. The quantitative estimate of drug-likeness (QED) is 0.891. The Hall–Kier alpha value is -1.61. The van der Waals surface area contributed by atoms with E-state index in [1.807, 2.05) is 12.3 Å². The molecule has 0 aliphatic carbocycles. The van der Waals surface area contributed by atoms with E-state index in [9.17, 15) is 0 Å². The third-order valence-corrected chi connectivity index (χ3v) is 4.05. The molecule has 2 unspecified atom stereocenters. The van der Waals surface area contributed by atoms with Crippen molar-refractivity contribution in [3.63, 3.8) is 0 Å². The van der Waals surface area contributed by atoms with Gasteiger partial charge in [0.15, 0.2) is 0 Å². The zero-order chi connectivity index (χ0) is 13.8. The van der Waals surface area contributed by atoms with E-state index in [1.54, 1.807) is 0 Å². The molecule has 1 aliphatic rings. The van der Waals surface area contributed by atoms with Crippen LogP contribution in [0.15, 0.2) is 36.5 Å². The lowest BCUT2D eigenvalue weighted by Gasteiger charge is -2.27. The van der Waals surface area contributed by atoms with E-state index in [4.69, 9.17) is 0 Å². The van der Waals surface area contributed by atoms with Gasteiger partial charge in [0, 0.05) is 17.5 Å². The number of nitrogens with zero attached hydrogens (tertiary/aromatic N) is 1. The average Bonchev–Trinajstić information content (AvgIpc) is 2.48. The zero-order valence-electron chi connectivity index (χ0n) is 12.1. The van der Waals surface area contributed by atoms with Crippen LogP contribution in [0.2, 0.25) is 0 Å². The van der Waals surface area contributed by atoms with Gasteiger partial charge < -0.3 is 10.6 Å². The van der Waals surface area contributed by atoms with Crippen molar-refractivity contribution in [2.45, 2.75) is 44.7 Å². The van der Waals surface area contributed by atoms with E-state index in [-0.39, 0.29) is 0 Å². The largest absolute Gasteiger partial charge is 0.381 e. The van der Waals surface area contributed by atoms with Gasteiger partial charge in [0.05, 0.1) is 17.4 Å². The van der Waals surface area contributed by atoms with Crippen LogP contribution >= 0.6 is 0 Å². The predicted octanol–water partition coefficient (Wildman–Crippen LogP) is 3.57. The van der Waals surface area contributed by atoms with Gasteiger partial charge in [-0.2, -0.15) is 0 Å². The highest BCUT2D eigenvalue weighted by Gasteiger charge is 2.15. The molecule has 2 aromatic rings. The molecule has 0 saturated carbocycles. The molecule has 1 aromatic heterocycles. The zero-order valence-corrected chi connectivity index (χ0v) is 12.1. The third kappa shape index (κ3) is 3.28. The highest BCUT2D eigenvalue weighted by Crippen LogP contribution is 2.19. The van der Waals surface area contributed by atoms with Crippen molar-refractivity contribution in [1.29, 1.82) is 0 Å². The smallest absolute Gasteiger partial charge is 0.0703 e. The minimum absolute atomic E-state index is 0.466. The van der Waals surface area contributed by atoms with Crippen LogP contribution in [0.4, 0.5) is 5.69 Å². The molecular formula is C17H23N3. The van der Waals surface area contributed by atoms with Crippen molar-refractivity contribution in [3.8, 4) is 0 Å². The maximum atomic E-state index is 4.50. The monoisotopic (exact) mass is 269 g/mol. The van der Waals surface area contributed by atoms with Crippen molar-refractivity contribution in [1.82, 2.24) is 10.3 Å². The summed E-state index contributed by atoms with van der Waals surface area (Å²) >= 11 is 0. The number of para-hydroxylation sites is 1. The summed E-state index contributed by atoms with van der Waals surface area (Å²) < 4.78 is 0. The van der Waals surface area contributed by atoms with Crippen LogP contribution in [0.5, 0.6) is 0 Å². The first-order valence-corrected chi connectivity index (χ1v) is 7.66. The molecule has 0 bridgehead atoms. The number of rotatable bonds is 4. The van der Waals surface area contributed by atoms with E-state index in [0.717, 1.165) is 11.2 Å². The molecule has 3 rings (SSSR count). The maximum absolute atomic E-state index is 4.50. The number of benzene rings is 1. The van der Waals surface area contributed by atoms with Crippen LogP contribution < -0.4 is 10.6 Å². The summed E-state index contributed by atoms with van der Waals surface area (Å²) in [6.07, 6.45) is 7.11. The normalized spacial score (nSPS) is 20.8. The Kier molecular flexibility index (Phi) is 4.16. The van der Waals surface area contributed by atoms with Gasteiger partial charge in [0.25, 0.3) is 0 Å². The molecule has 2 atom stereocenters. The fraction of sp³-hybridized carbons (Fsp3) is 0.471. The SMILES string of the molecule is CC(CC1CCCCN1)Nc1cnc2ccccc2c1. The Bertz CT molecular complexity index is 561. The molecule has 1 aliphatic heterocycles. The Morgan fingerprint density at radius 2 is 2.25 bits per heavy atom. The number of hydrogen-bond donors (Lipinski definition) is 2. The standard InChI is InChI=1S/C17H23N3/c1-13(10-15-7-4-5-9-18-15)20-16-11-14-6-2-3-8-17(14)19-12-16/h2-3,6,8,11-13,15,18,20H,4-5,7,9-10H2,1H3. The molecule has 20 heavy (non-hydrogen) atoms. The van der Waals surface area contributed by atoms with Crippen molar-refractivity contribution in [2.24, 2.45) is 0 Å². The first-order chi connectivity index (χ1) is 9.81. The van der Waals surface area contributed by atoms with Gasteiger partial charge in [-0.3, -0.25) is 4.98 Å². The van der Waals surface area contributed by atoms with Crippen molar-refractivity contribution >= 4 is 16.6 Å². The number of nitrogens with one attached hydrogen (secondary N) is 2. The van der Waals surface area contributed by atoms with E-state index in [1.165, 1.54) is 37.6 Å².